The molecule has 510 valence electrons. The largest absolute Gasteiger partial charge is 0.495 e. The number of alkyl carbamates (subject to hydrolysis) is 1. The third-order valence-electron chi connectivity index (χ3n) is 19.2. The number of likely N-dealkylation sites (tertiary alicyclic amines) is 1. The van der Waals surface area contributed by atoms with Crippen LogP contribution in [0, 0.1) is 0 Å². The van der Waals surface area contributed by atoms with E-state index in [1.165, 1.54) is 54.8 Å². The number of hydrazine groups is 1. The highest BCUT2D eigenvalue weighted by atomic mass is 35.5. The quantitative estimate of drug-likeness (QED) is 0.0519. The van der Waals surface area contributed by atoms with Gasteiger partial charge >= 0.3 is 18.0 Å². The molecule has 6 aliphatic rings. The first kappa shape index (κ1) is 70.9. The molecule has 6 bridgehead atoms. The molecule has 6 aliphatic heterocycles. The van der Waals surface area contributed by atoms with Crippen molar-refractivity contribution in [2.75, 3.05) is 93.4 Å². The molecule has 5 amide bonds. The maximum atomic E-state index is 14.6. The number of aliphatic carboxylic acids is 1. The maximum absolute atomic E-state index is 14.6. The van der Waals surface area contributed by atoms with Gasteiger partial charge in [0.15, 0.2) is 5.72 Å². The van der Waals surface area contributed by atoms with Gasteiger partial charge in [0.2, 0.25) is 23.6 Å². The number of hydrogen-bond acceptors (Lipinski definition) is 17. The van der Waals surface area contributed by atoms with Crippen LogP contribution in [0.25, 0.3) is 10.9 Å². The summed E-state index contributed by atoms with van der Waals surface area (Å²) in [5, 5.41) is 29.3. The standard InChI is InChI=1S/C69H91ClN8O16/c1-44-17-16-22-54(89-10)69(87)41-56(93-66(86)71-69)68(4)43-67(3,94-68)55(40-60(82)74(7)51-38-46(37-44)39-53(88-9)63(51)70)92-65(85)45(2)73(6)57(79)23-24-59(81)77(32-34-91-36-35-90-33-28-61(83)84)48-25-29-76(30-26-48)58(80)27-31-78-50-21-15-14-20-49(50)62-52(78)42-72(5)75(8)64(62)47-18-12-11-13-19-47/h11-22,38-39,45,48,54-56,64,87H,23-37,40-43H2,1-10H3,(H,71,86)(H,83,84)/b22-16+,44-17+/t45-,54-,55+,56+,64?,67-,68?,69+/m1/s1. The monoisotopic (exact) mass is 1320 g/mol. The number of rotatable bonds is 22. The van der Waals surface area contributed by atoms with E-state index in [2.05, 4.69) is 76.5 Å². The highest BCUT2D eigenvalue weighted by molar-refractivity contribution is 6.35. The SMILES string of the molecule is COc1cc2cc(c1Cl)N(C)C(=O)C[C@H](OC(=O)[C@@H](C)N(C)C(=O)CCC(=O)N(CCOCCOCCC(=O)O)C1CCN(C(=O)CCn3c4c(c5ccccc53)C(c3ccccc3)N(C)N(C)C4)CC1)[C@@]1(C)CC(C)(O1)[C@@H]1C[C@@](O)(NC(=O)O1)[C@H](OC)/C=C/C=C(\C)C2. The van der Waals surface area contributed by atoms with Crippen LogP contribution in [-0.2, 0) is 76.7 Å². The van der Waals surface area contributed by atoms with E-state index in [0.29, 0.717) is 56.9 Å². The number of anilines is 1. The van der Waals surface area contributed by atoms with Crippen molar-refractivity contribution in [2.45, 2.75) is 158 Å². The molecule has 3 aromatic carbocycles. The molecule has 24 nitrogen and oxygen atoms in total. The number of para-hydroxylation sites is 1. The number of allylic oxidation sites excluding steroid dienone is 3. The Labute approximate surface area is 554 Å². The molecule has 25 heteroatoms. The number of aryl methyl sites for hydroxylation is 1. The van der Waals surface area contributed by atoms with Crippen LogP contribution in [0.4, 0.5) is 10.5 Å². The number of fused-ring (bicyclic) bond motifs is 9. The number of carbonyl (C=O) groups excluding carboxylic acids is 6. The van der Waals surface area contributed by atoms with Gasteiger partial charge in [-0.05, 0) is 76.3 Å². The lowest BCUT2D eigenvalue weighted by molar-refractivity contribution is -0.328. The number of methoxy groups -OCH3 is 2. The maximum Gasteiger partial charge on any atom is 0.409 e. The van der Waals surface area contributed by atoms with Crippen molar-refractivity contribution < 1.29 is 76.9 Å². The summed E-state index contributed by atoms with van der Waals surface area (Å²) in [5.74, 6) is -2.90. The van der Waals surface area contributed by atoms with E-state index in [-0.39, 0.29) is 100 Å². The number of nitrogens with zero attached hydrogens (tertiary/aromatic N) is 7. The predicted octanol–water partition coefficient (Wildman–Crippen LogP) is 7.19. The van der Waals surface area contributed by atoms with Gasteiger partial charge in [-0.2, -0.15) is 0 Å². The van der Waals surface area contributed by atoms with Crippen molar-refractivity contribution in [2.24, 2.45) is 0 Å². The zero-order valence-electron chi connectivity index (χ0n) is 55.6. The molecular formula is C69H91ClN8O16. The van der Waals surface area contributed by atoms with Gasteiger partial charge in [-0.15, -0.1) is 0 Å². The number of amides is 5. The van der Waals surface area contributed by atoms with Gasteiger partial charge in [-0.1, -0.05) is 83.9 Å². The first-order valence-electron chi connectivity index (χ1n) is 32.2. The topological polar surface area (TPSA) is 261 Å². The Morgan fingerprint density at radius 3 is 2.26 bits per heavy atom. The summed E-state index contributed by atoms with van der Waals surface area (Å²) < 4.78 is 43.6. The van der Waals surface area contributed by atoms with Gasteiger partial charge in [0, 0.05) is 122 Å². The summed E-state index contributed by atoms with van der Waals surface area (Å²) in [7, 11) is 10.0. The second-order valence-electron chi connectivity index (χ2n) is 25.7. The fourth-order valence-electron chi connectivity index (χ4n) is 13.8. The molecule has 0 radical (unpaired) electrons. The van der Waals surface area contributed by atoms with Crippen molar-refractivity contribution in [3.05, 3.63) is 118 Å². The molecule has 3 fully saturated rings. The average molecular weight is 1320 g/mol. The fraction of sp³-hybridized carbons (Fsp3) is 0.551. The van der Waals surface area contributed by atoms with E-state index in [4.69, 9.17) is 49.9 Å². The number of carbonyl (C=O) groups is 7. The Balaban J connectivity index is 0.865. The van der Waals surface area contributed by atoms with E-state index in [0.717, 1.165) is 22.0 Å². The first-order valence-corrected chi connectivity index (χ1v) is 32.6. The summed E-state index contributed by atoms with van der Waals surface area (Å²) in [6.07, 6.45) is 1.39. The summed E-state index contributed by atoms with van der Waals surface area (Å²) in [4.78, 5) is 102. The van der Waals surface area contributed by atoms with Crippen LogP contribution < -0.4 is 15.0 Å². The van der Waals surface area contributed by atoms with Crippen LogP contribution in [0.3, 0.4) is 0 Å². The highest BCUT2D eigenvalue weighted by Crippen LogP contribution is 2.51. The van der Waals surface area contributed by atoms with Crippen LogP contribution in [-0.4, -0.2) is 217 Å². The Morgan fingerprint density at radius 1 is 0.883 bits per heavy atom. The Hall–Kier alpha value is -7.42. The number of aromatic nitrogens is 1. The number of benzene rings is 3. The molecule has 3 saturated heterocycles. The molecule has 7 heterocycles. The number of halogens is 1. The minimum absolute atomic E-state index is 0.00733. The lowest BCUT2D eigenvalue weighted by atomic mass is 9.72. The molecule has 0 aliphatic carbocycles. The van der Waals surface area contributed by atoms with Gasteiger partial charge in [0.05, 0.1) is 64.7 Å². The zero-order valence-corrected chi connectivity index (χ0v) is 56.4. The molecular weight excluding hydrogens is 1230 g/mol. The van der Waals surface area contributed by atoms with Crippen molar-refractivity contribution in [1.82, 2.24) is 34.6 Å². The molecule has 8 atom stereocenters. The molecule has 1 aromatic heterocycles. The number of aliphatic hydroxyl groups is 1. The molecule has 0 saturated carbocycles. The number of hydrogen-bond donors (Lipinski definition) is 3. The van der Waals surface area contributed by atoms with Crippen LogP contribution in [0.2, 0.25) is 5.02 Å². The number of carboxylic acids is 1. The smallest absolute Gasteiger partial charge is 0.409 e. The minimum Gasteiger partial charge on any atom is -0.495 e. The summed E-state index contributed by atoms with van der Waals surface area (Å²) in [6, 6.07) is 20.8. The molecule has 94 heavy (non-hydrogen) atoms. The van der Waals surface area contributed by atoms with Crippen molar-refractivity contribution in [1.29, 1.82) is 0 Å². The number of ether oxygens (including phenoxy) is 7. The lowest BCUT2D eigenvalue weighted by Gasteiger charge is -2.59. The first-order chi connectivity index (χ1) is 44.8. The van der Waals surface area contributed by atoms with Gasteiger partial charge in [-0.3, -0.25) is 29.3 Å². The van der Waals surface area contributed by atoms with E-state index in [9.17, 15) is 38.7 Å². The Kier molecular flexibility index (Phi) is 23.0. The van der Waals surface area contributed by atoms with Crippen LogP contribution in [0.1, 0.15) is 114 Å². The number of likely N-dealkylation sites (N-methyl/N-ethyl adjacent to an activating group) is 1. The van der Waals surface area contributed by atoms with E-state index >= 15 is 0 Å². The number of carboxylic acid groups (broad SMARTS) is 1. The Bertz CT molecular complexity index is 3480. The molecule has 3 N–H and O–H groups in total. The third-order valence-corrected chi connectivity index (χ3v) is 19.6. The van der Waals surface area contributed by atoms with E-state index < -0.39 is 77.5 Å². The molecule has 2 unspecified atom stereocenters. The highest BCUT2D eigenvalue weighted by Gasteiger charge is 2.63. The summed E-state index contributed by atoms with van der Waals surface area (Å²) in [5.41, 5.74) is 2.04. The van der Waals surface area contributed by atoms with Crippen molar-refractivity contribution in [3.63, 3.8) is 0 Å². The van der Waals surface area contributed by atoms with Crippen LogP contribution >= 0.6 is 11.6 Å². The van der Waals surface area contributed by atoms with Crippen LogP contribution in [0.5, 0.6) is 5.75 Å². The number of piperidine rings is 1. The number of esters is 1. The van der Waals surface area contributed by atoms with Crippen molar-refractivity contribution >= 4 is 69.9 Å². The van der Waals surface area contributed by atoms with E-state index in [1.54, 1.807) is 50.1 Å². The Morgan fingerprint density at radius 2 is 1.56 bits per heavy atom. The predicted molar refractivity (Wildman–Crippen MR) is 350 cm³/mol. The van der Waals surface area contributed by atoms with Crippen molar-refractivity contribution in [3.8, 4) is 5.75 Å². The number of nitrogens with one attached hydrogen (secondary N) is 1. The van der Waals surface area contributed by atoms with Crippen LogP contribution in [0.15, 0.2) is 90.5 Å². The molecule has 0 spiro atoms. The minimum atomic E-state index is -1.94. The van der Waals surface area contributed by atoms with E-state index in [1.807, 2.05) is 30.0 Å². The second kappa shape index (κ2) is 30.5. The second-order valence-corrected chi connectivity index (χ2v) is 26.1. The molecule has 10 rings (SSSR count). The van der Waals surface area contributed by atoms with Gasteiger partial charge in [0.1, 0.15) is 46.3 Å². The summed E-state index contributed by atoms with van der Waals surface area (Å²) in [6.45, 7) is 9.34. The van der Waals surface area contributed by atoms with Gasteiger partial charge < -0.3 is 67.5 Å². The molecule has 4 aromatic rings. The zero-order chi connectivity index (χ0) is 67.8. The average Bonchev–Trinajstić information content (AvgIpc) is 1.01. The van der Waals surface area contributed by atoms with Gasteiger partial charge in [-0.25, -0.2) is 19.6 Å². The third kappa shape index (κ3) is 15.9. The fourth-order valence-corrected chi connectivity index (χ4v) is 14.2. The van der Waals surface area contributed by atoms with Gasteiger partial charge in [0.25, 0.3) is 0 Å². The normalized spacial score (nSPS) is 25.8. The lowest BCUT2D eigenvalue weighted by Crippen LogP contribution is -2.72. The summed E-state index contributed by atoms with van der Waals surface area (Å²) >= 11 is 6.89.